The highest BCUT2D eigenvalue weighted by atomic mass is 16.5. The Morgan fingerprint density at radius 3 is 2.26 bits per heavy atom. The van der Waals surface area contributed by atoms with Gasteiger partial charge in [0.15, 0.2) is 6.10 Å². The van der Waals surface area contributed by atoms with Crippen LogP contribution < -0.4 is 4.90 Å². The van der Waals surface area contributed by atoms with Gasteiger partial charge in [0.1, 0.15) is 0 Å². The summed E-state index contributed by atoms with van der Waals surface area (Å²) in [4.78, 5) is 38.4. The fraction of sp³-hybridized carbons (Fsp3) is 0.318. The lowest BCUT2D eigenvalue weighted by atomic mass is 10.0. The Balaban J connectivity index is 1.66. The average Bonchev–Trinajstić information content (AvgIpc) is 3.09. The second kappa shape index (κ2) is 7.74. The van der Waals surface area contributed by atoms with Crippen molar-refractivity contribution in [2.24, 2.45) is 0 Å². The zero-order chi connectivity index (χ0) is 19.6. The highest BCUT2D eigenvalue weighted by Crippen LogP contribution is 2.22. The Hall–Kier alpha value is -2.95. The molecule has 0 N–H and O–H groups in total. The van der Waals surface area contributed by atoms with Gasteiger partial charge in [-0.05, 0) is 68.7 Å². The number of nitrogens with zero attached hydrogens (tertiary/aromatic N) is 1. The molecule has 1 saturated heterocycles. The molecule has 0 spiro atoms. The SMILES string of the molecule is Cc1ccc(C(=O)[C@@H](C)OC(=O)c2ccc(N3CCCC3=O)cc2)cc1C. The summed E-state index contributed by atoms with van der Waals surface area (Å²) >= 11 is 0. The van der Waals surface area contributed by atoms with Gasteiger partial charge in [-0.25, -0.2) is 4.79 Å². The molecular weight excluding hydrogens is 342 g/mol. The molecule has 1 aliphatic rings. The second-order valence-electron chi connectivity index (χ2n) is 6.91. The number of amides is 1. The van der Waals surface area contributed by atoms with E-state index in [4.69, 9.17) is 4.74 Å². The van der Waals surface area contributed by atoms with Crippen molar-refractivity contribution in [3.05, 3.63) is 64.7 Å². The molecule has 2 aromatic carbocycles. The van der Waals surface area contributed by atoms with Crippen LogP contribution in [0.5, 0.6) is 0 Å². The molecule has 0 radical (unpaired) electrons. The first-order chi connectivity index (χ1) is 12.9. The number of esters is 1. The molecule has 3 rings (SSSR count). The molecule has 1 amide bonds. The van der Waals surface area contributed by atoms with Gasteiger partial charge in [-0.1, -0.05) is 12.1 Å². The highest BCUT2D eigenvalue weighted by molar-refractivity contribution is 6.02. The minimum absolute atomic E-state index is 0.0953. The lowest BCUT2D eigenvalue weighted by molar-refractivity contribution is -0.117. The molecule has 0 aliphatic carbocycles. The summed E-state index contributed by atoms with van der Waals surface area (Å²) in [6.07, 6.45) is 0.530. The standard InChI is InChI=1S/C22H23NO4/c1-14-6-7-18(13-15(14)2)21(25)16(3)27-22(26)17-8-10-19(11-9-17)23-12-4-5-20(23)24/h6-11,13,16H,4-5,12H2,1-3H3/t16-/m1/s1. The lowest BCUT2D eigenvalue weighted by Crippen LogP contribution is -2.25. The number of hydrogen-bond acceptors (Lipinski definition) is 4. The third-order valence-corrected chi connectivity index (χ3v) is 4.93. The summed E-state index contributed by atoms with van der Waals surface area (Å²) in [6.45, 7) is 6.19. The maximum atomic E-state index is 12.5. The van der Waals surface area contributed by atoms with Gasteiger partial charge >= 0.3 is 5.97 Å². The molecule has 1 heterocycles. The van der Waals surface area contributed by atoms with Crippen LogP contribution in [0.25, 0.3) is 0 Å². The van der Waals surface area contributed by atoms with E-state index in [1.165, 1.54) is 0 Å². The Morgan fingerprint density at radius 2 is 1.67 bits per heavy atom. The van der Waals surface area contributed by atoms with E-state index in [1.807, 2.05) is 26.0 Å². The molecule has 1 atom stereocenters. The van der Waals surface area contributed by atoms with Crippen molar-refractivity contribution in [2.75, 3.05) is 11.4 Å². The smallest absolute Gasteiger partial charge is 0.338 e. The molecular formula is C22H23NO4. The average molecular weight is 365 g/mol. The number of ketones is 1. The first-order valence-corrected chi connectivity index (χ1v) is 9.09. The predicted molar refractivity (Wildman–Crippen MR) is 103 cm³/mol. The van der Waals surface area contributed by atoms with Crippen molar-refractivity contribution in [3.63, 3.8) is 0 Å². The van der Waals surface area contributed by atoms with Gasteiger partial charge in [-0.15, -0.1) is 0 Å². The third kappa shape index (κ3) is 4.08. The zero-order valence-electron chi connectivity index (χ0n) is 15.8. The summed E-state index contributed by atoms with van der Waals surface area (Å²) in [5, 5.41) is 0. The maximum Gasteiger partial charge on any atom is 0.338 e. The number of benzene rings is 2. The predicted octanol–water partition coefficient (Wildman–Crippen LogP) is 3.86. The Labute approximate surface area is 158 Å². The number of carbonyl (C=O) groups excluding carboxylic acids is 3. The van der Waals surface area contributed by atoms with Crippen LogP contribution in [0.3, 0.4) is 0 Å². The molecule has 1 fully saturated rings. The summed E-state index contributed by atoms with van der Waals surface area (Å²) in [6, 6.07) is 12.1. The fourth-order valence-corrected chi connectivity index (χ4v) is 3.11. The van der Waals surface area contributed by atoms with Crippen LogP contribution in [-0.2, 0) is 9.53 Å². The van der Waals surface area contributed by atoms with Gasteiger partial charge in [-0.2, -0.15) is 0 Å². The summed E-state index contributed by atoms with van der Waals surface area (Å²) < 4.78 is 5.34. The van der Waals surface area contributed by atoms with Crippen LogP contribution in [0.1, 0.15) is 51.6 Å². The highest BCUT2D eigenvalue weighted by Gasteiger charge is 2.23. The van der Waals surface area contributed by atoms with E-state index < -0.39 is 12.1 Å². The van der Waals surface area contributed by atoms with Crippen LogP contribution in [0, 0.1) is 13.8 Å². The Kier molecular flexibility index (Phi) is 5.40. The number of hydrogen-bond donors (Lipinski definition) is 0. The molecule has 5 nitrogen and oxygen atoms in total. The minimum Gasteiger partial charge on any atom is -0.451 e. The van der Waals surface area contributed by atoms with Crippen LogP contribution in [0.2, 0.25) is 0 Å². The van der Waals surface area contributed by atoms with Gasteiger partial charge in [-0.3, -0.25) is 9.59 Å². The second-order valence-corrected chi connectivity index (χ2v) is 6.91. The van der Waals surface area contributed by atoms with Gasteiger partial charge in [0, 0.05) is 24.2 Å². The monoisotopic (exact) mass is 365 g/mol. The number of anilines is 1. The summed E-state index contributed by atoms with van der Waals surface area (Å²) in [5.74, 6) is -0.692. The van der Waals surface area contributed by atoms with Crippen molar-refractivity contribution in [2.45, 2.75) is 39.7 Å². The summed E-state index contributed by atoms with van der Waals surface area (Å²) in [5.41, 5.74) is 3.78. The minimum atomic E-state index is -0.876. The van der Waals surface area contributed by atoms with Gasteiger partial charge < -0.3 is 9.64 Å². The normalized spacial score (nSPS) is 14.9. The largest absolute Gasteiger partial charge is 0.451 e. The van der Waals surface area contributed by atoms with Gasteiger partial charge in [0.2, 0.25) is 11.7 Å². The molecule has 0 aromatic heterocycles. The molecule has 1 aliphatic heterocycles. The summed E-state index contributed by atoms with van der Waals surface area (Å²) in [7, 11) is 0. The number of rotatable bonds is 5. The van der Waals surface area contributed by atoms with Crippen LogP contribution in [0.15, 0.2) is 42.5 Å². The van der Waals surface area contributed by atoms with E-state index in [0.717, 1.165) is 23.2 Å². The number of ether oxygens (including phenoxy) is 1. The van der Waals surface area contributed by atoms with E-state index in [2.05, 4.69) is 0 Å². The van der Waals surface area contributed by atoms with Crippen molar-refractivity contribution in [1.29, 1.82) is 0 Å². The van der Waals surface area contributed by atoms with Crippen molar-refractivity contribution in [1.82, 2.24) is 0 Å². The molecule has 27 heavy (non-hydrogen) atoms. The lowest BCUT2D eigenvalue weighted by Gasteiger charge is -2.16. The third-order valence-electron chi connectivity index (χ3n) is 4.93. The Morgan fingerprint density at radius 1 is 1.00 bits per heavy atom. The van der Waals surface area contributed by atoms with Crippen molar-refractivity contribution in [3.8, 4) is 0 Å². The fourth-order valence-electron chi connectivity index (χ4n) is 3.11. The first kappa shape index (κ1) is 18.8. The molecule has 2 aromatic rings. The molecule has 0 bridgehead atoms. The molecule has 0 unspecified atom stereocenters. The molecule has 0 saturated carbocycles. The Bertz CT molecular complexity index is 886. The maximum absolute atomic E-state index is 12.5. The van der Waals surface area contributed by atoms with Crippen LogP contribution >= 0.6 is 0 Å². The number of Topliss-reactive ketones (excluding diaryl/α,β-unsaturated/α-hetero) is 1. The molecule has 140 valence electrons. The van der Waals surface area contributed by atoms with E-state index in [1.54, 1.807) is 42.2 Å². The number of aryl methyl sites for hydroxylation is 2. The topological polar surface area (TPSA) is 63.7 Å². The van der Waals surface area contributed by atoms with Gasteiger partial charge in [0.25, 0.3) is 0 Å². The van der Waals surface area contributed by atoms with E-state index >= 15 is 0 Å². The number of carbonyl (C=O) groups is 3. The van der Waals surface area contributed by atoms with E-state index in [0.29, 0.717) is 24.1 Å². The van der Waals surface area contributed by atoms with Gasteiger partial charge in [0.05, 0.1) is 5.56 Å². The molecule has 5 heteroatoms. The quantitative estimate of drug-likeness (QED) is 0.596. The van der Waals surface area contributed by atoms with Crippen molar-refractivity contribution >= 4 is 23.3 Å². The van der Waals surface area contributed by atoms with E-state index in [-0.39, 0.29) is 11.7 Å². The first-order valence-electron chi connectivity index (χ1n) is 9.09. The van der Waals surface area contributed by atoms with Crippen LogP contribution in [-0.4, -0.2) is 30.3 Å². The van der Waals surface area contributed by atoms with E-state index in [9.17, 15) is 14.4 Å². The van der Waals surface area contributed by atoms with Crippen LogP contribution in [0.4, 0.5) is 5.69 Å². The van der Waals surface area contributed by atoms with Crippen molar-refractivity contribution < 1.29 is 19.1 Å². The zero-order valence-corrected chi connectivity index (χ0v) is 15.8.